The summed E-state index contributed by atoms with van der Waals surface area (Å²) in [5.41, 5.74) is 3.73. The van der Waals surface area contributed by atoms with E-state index < -0.39 is 0 Å². The molecule has 21 heavy (non-hydrogen) atoms. The van der Waals surface area contributed by atoms with Crippen LogP contribution >= 0.6 is 0 Å². The van der Waals surface area contributed by atoms with Gasteiger partial charge >= 0.3 is 0 Å². The molecule has 0 atom stereocenters. The molecule has 1 aromatic heterocycles. The predicted octanol–water partition coefficient (Wildman–Crippen LogP) is 4.20. The summed E-state index contributed by atoms with van der Waals surface area (Å²) in [6.07, 6.45) is 0. The van der Waals surface area contributed by atoms with Crippen molar-refractivity contribution in [3.8, 4) is 11.1 Å². The fourth-order valence-electron chi connectivity index (χ4n) is 2.63. The van der Waals surface area contributed by atoms with Gasteiger partial charge in [0.15, 0.2) is 0 Å². The van der Waals surface area contributed by atoms with Gasteiger partial charge in [0.1, 0.15) is 0 Å². The minimum absolute atomic E-state index is 0.0151. The lowest BCUT2D eigenvalue weighted by molar-refractivity contribution is 0.321. The van der Waals surface area contributed by atoms with Crippen LogP contribution in [0.4, 0.5) is 0 Å². The number of benzene rings is 1. The van der Waals surface area contributed by atoms with Crippen LogP contribution in [-0.2, 0) is 11.0 Å². The monoisotopic (exact) mass is 286 g/mol. The molecule has 0 spiro atoms. The van der Waals surface area contributed by atoms with E-state index in [0.717, 1.165) is 16.8 Å². The first kappa shape index (κ1) is 15.6. The number of hydrogen-bond donors (Lipinski definition) is 1. The Morgan fingerprint density at radius 2 is 1.48 bits per heavy atom. The van der Waals surface area contributed by atoms with Gasteiger partial charge in [0, 0.05) is 5.41 Å². The Kier molecular flexibility index (Phi) is 3.64. The summed E-state index contributed by atoms with van der Waals surface area (Å²) in [5.74, 6) is 0. The van der Waals surface area contributed by atoms with E-state index in [2.05, 4.69) is 65.7 Å². The molecule has 3 nitrogen and oxygen atoms in total. The van der Waals surface area contributed by atoms with Crippen molar-refractivity contribution in [1.29, 1.82) is 0 Å². The molecule has 0 saturated carbocycles. The Hall–Kier alpha value is -1.77. The molecule has 0 radical (unpaired) electrons. The minimum Gasteiger partial charge on any atom is -0.283 e. The molecule has 0 unspecified atom stereocenters. The van der Waals surface area contributed by atoms with Crippen LogP contribution in [0.15, 0.2) is 29.1 Å². The van der Waals surface area contributed by atoms with Crippen LogP contribution in [-0.4, -0.2) is 9.78 Å². The zero-order valence-electron chi connectivity index (χ0n) is 14.2. The highest BCUT2D eigenvalue weighted by molar-refractivity contribution is 5.67. The molecular weight excluding hydrogens is 260 g/mol. The third-order valence-corrected chi connectivity index (χ3v) is 3.62. The molecule has 1 N–H and O–H groups in total. The van der Waals surface area contributed by atoms with Crippen LogP contribution in [0, 0.1) is 6.92 Å². The van der Waals surface area contributed by atoms with Crippen molar-refractivity contribution in [2.75, 3.05) is 0 Å². The van der Waals surface area contributed by atoms with E-state index in [1.807, 2.05) is 16.8 Å². The fourth-order valence-corrected chi connectivity index (χ4v) is 2.63. The summed E-state index contributed by atoms with van der Waals surface area (Å²) >= 11 is 0. The van der Waals surface area contributed by atoms with E-state index in [4.69, 9.17) is 0 Å². The van der Waals surface area contributed by atoms with Gasteiger partial charge in [-0.25, -0.2) is 0 Å². The number of H-pyrrole nitrogens is 1. The number of nitrogens with one attached hydrogen (secondary N) is 1. The van der Waals surface area contributed by atoms with Gasteiger partial charge in [0.2, 0.25) is 0 Å². The maximum atomic E-state index is 12.6. The van der Waals surface area contributed by atoms with Crippen molar-refractivity contribution in [3.63, 3.8) is 0 Å². The fraction of sp³-hybridized carbons (Fsp3) is 0.500. The van der Waals surface area contributed by atoms with Crippen LogP contribution < -0.4 is 5.56 Å². The van der Waals surface area contributed by atoms with Crippen LogP contribution in [0.5, 0.6) is 0 Å². The Balaban J connectivity index is 2.80. The Bertz CT molecular complexity index is 689. The molecule has 114 valence electrons. The van der Waals surface area contributed by atoms with Gasteiger partial charge in [-0.3, -0.25) is 14.6 Å². The lowest BCUT2D eigenvalue weighted by atomic mass is 9.86. The first-order valence-electron chi connectivity index (χ1n) is 7.45. The Labute approximate surface area is 127 Å². The summed E-state index contributed by atoms with van der Waals surface area (Å²) in [5, 5.41) is 3.03. The largest absolute Gasteiger partial charge is 0.283 e. The maximum absolute atomic E-state index is 12.6. The Morgan fingerprint density at radius 3 is 1.90 bits per heavy atom. The summed E-state index contributed by atoms with van der Waals surface area (Å²) < 4.78 is 2.02. The topological polar surface area (TPSA) is 37.8 Å². The zero-order valence-corrected chi connectivity index (χ0v) is 14.2. The van der Waals surface area contributed by atoms with Crippen molar-refractivity contribution in [3.05, 3.63) is 45.9 Å². The molecule has 2 rings (SSSR count). The highest BCUT2D eigenvalue weighted by atomic mass is 16.1. The van der Waals surface area contributed by atoms with Gasteiger partial charge in [-0.1, -0.05) is 50.6 Å². The van der Waals surface area contributed by atoms with Gasteiger partial charge in [-0.2, -0.15) is 0 Å². The predicted molar refractivity (Wildman–Crippen MR) is 88.9 cm³/mol. The first-order valence-corrected chi connectivity index (χ1v) is 7.45. The molecule has 0 amide bonds. The number of nitrogens with zero attached hydrogens (tertiary/aromatic N) is 1. The SMILES string of the molecule is Cc1ccc(-c2c(C(C)(C)C)n(C(C)(C)C)[nH]c2=O)cc1. The second-order valence-electron chi connectivity index (χ2n) is 7.79. The van der Waals surface area contributed by atoms with Crippen LogP contribution in [0.1, 0.15) is 52.8 Å². The maximum Gasteiger partial charge on any atom is 0.272 e. The zero-order chi connectivity index (χ0) is 16.0. The van der Waals surface area contributed by atoms with E-state index in [1.165, 1.54) is 5.56 Å². The number of aromatic nitrogens is 2. The highest BCUT2D eigenvalue weighted by Gasteiger charge is 2.30. The lowest BCUT2D eigenvalue weighted by Gasteiger charge is -2.30. The number of aromatic amines is 1. The summed E-state index contributed by atoms with van der Waals surface area (Å²) in [6.45, 7) is 14.8. The van der Waals surface area contributed by atoms with Gasteiger partial charge in [-0.15, -0.1) is 0 Å². The normalized spacial score (nSPS) is 12.7. The molecule has 0 aliphatic carbocycles. The second-order valence-corrected chi connectivity index (χ2v) is 7.79. The molecule has 2 aromatic rings. The minimum atomic E-state index is -0.162. The van der Waals surface area contributed by atoms with E-state index >= 15 is 0 Å². The Morgan fingerprint density at radius 1 is 0.952 bits per heavy atom. The second kappa shape index (κ2) is 4.90. The van der Waals surface area contributed by atoms with Crippen LogP contribution in [0.2, 0.25) is 0 Å². The molecule has 0 saturated heterocycles. The lowest BCUT2D eigenvalue weighted by Crippen LogP contribution is -2.30. The molecule has 0 aliphatic heterocycles. The molecule has 3 heteroatoms. The average Bonchev–Trinajstić information content (AvgIpc) is 2.67. The molecule has 1 heterocycles. The van der Waals surface area contributed by atoms with Gasteiger partial charge in [-0.05, 0) is 33.3 Å². The van der Waals surface area contributed by atoms with E-state index in [-0.39, 0.29) is 16.5 Å². The van der Waals surface area contributed by atoms with Gasteiger partial charge < -0.3 is 0 Å². The third kappa shape index (κ3) is 2.97. The summed E-state index contributed by atoms with van der Waals surface area (Å²) in [7, 11) is 0. The molecule has 1 aromatic carbocycles. The highest BCUT2D eigenvalue weighted by Crippen LogP contribution is 2.33. The summed E-state index contributed by atoms with van der Waals surface area (Å²) in [6, 6.07) is 8.16. The van der Waals surface area contributed by atoms with Crippen molar-refractivity contribution >= 4 is 0 Å². The van der Waals surface area contributed by atoms with E-state index in [1.54, 1.807) is 0 Å². The van der Waals surface area contributed by atoms with Crippen molar-refractivity contribution < 1.29 is 0 Å². The van der Waals surface area contributed by atoms with Gasteiger partial charge in [0.25, 0.3) is 5.56 Å². The van der Waals surface area contributed by atoms with Crippen LogP contribution in [0.25, 0.3) is 11.1 Å². The molecule has 0 fully saturated rings. The number of rotatable bonds is 1. The standard InChI is InChI=1S/C18H26N2O/c1-12-8-10-13(11-9-12)14-15(17(2,3)4)20(18(5,6)7)19-16(14)21/h8-11H,1-7H3,(H,19,21). The van der Waals surface area contributed by atoms with Crippen molar-refractivity contribution in [1.82, 2.24) is 9.78 Å². The summed E-state index contributed by atoms with van der Waals surface area (Å²) in [4.78, 5) is 12.6. The van der Waals surface area contributed by atoms with E-state index in [9.17, 15) is 4.79 Å². The quantitative estimate of drug-likeness (QED) is 0.838. The number of hydrogen-bond acceptors (Lipinski definition) is 1. The molecule has 0 aliphatic rings. The number of aryl methyl sites for hydroxylation is 1. The first-order chi connectivity index (χ1) is 9.51. The average molecular weight is 286 g/mol. The third-order valence-electron chi connectivity index (χ3n) is 3.62. The van der Waals surface area contributed by atoms with Crippen molar-refractivity contribution in [2.24, 2.45) is 0 Å². The molecular formula is C18H26N2O. The van der Waals surface area contributed by atoms with E-state index in [0.29, 0.717) is 0 Å². The molecule has 0 bridgehead atoms. The van der Waals surface area contributed by atoms with Crippen molar-refractivity contribution in [2.45, 2.75) is 59.4 Å². The smallest absolute Gasteiger partial charge is 0.272 e. The van der Waals surface area contributed by atoms with Gasteiger partial charge in [0.05, 0.1) is 16.8 Å². The van der Waals surface area contributed by atoms with Crippen LogP contribution in [0.3, 0.4) is 0 Å².